The van der Waals surface area contributed by atoms with E-state index in [2.05, 4.69) is 51.2 Å². The van der Waals surface area contributed by atoms with Gasteiger partial charge in [-0.1, -0.05) is 42.5 Å². The van der Waals surface area contributed by atoms with E-state index in [1.54, 1.807) is 0 Å². The maximum Gasteiger partial charge on any atom is 0.133 e. The lowest BCUT2D eigenvalue weighted by atomic mass is 10.2. The molecule has 2 nitrogen and oxygen atoms in total. The van der Waals surface area contributed by atoms with Crippen molar-refractivity contribution in [2.75, 3.05) is 13.1 Å². The highest BCUT2D eigenvalue weighted by Gasteiger charge is 2.24. The number of ether oxygens (including phenoxy) is 1. The van der Waals surface area contributed by atoms with Crippen molar-refractivity contribution in [3.63, 3.8) is 0 Å². The zero-order valence-electron chi connectivity index (χ0n) is 11.3. The summed E-state index contributed by atoms with van der Waals surface area (Å²) in [6.07, 6.45) is 1.38. The first-order valence-corrected chi connectivity index (χ1v) is 7.78. The van der Waals surface area contributed by atoms with Gasteiger partial charge in [0.1, 0.15) is 11.9 Å². The summed E-state index contributed by atoms with van der Waals surface area (Å²) in [5.41, 5.74) is 1.37. The van der Waals surface area contributed by atoms with Crippen molar-refractivity contribution >= 4 is 15.9 Å². The molecule has 3 rings (SSSR count). The van der Waals surface area contributed by atoms with E-state index in [1.807, 2.05) is 24.3 Å². The molecular weight excluding hydrogens is 314 g/mol. The van der Waals surface area contributed by atoms with Crippen molar-refractivity contribution in [2.45, 2.75) is 19.1 Å². The fourth-order valence-electron chi connectivity index (χ4n) is 2.60. The highest BCUT2D eigenvalue weighted by molar-refractivity contribution is 9.10. The van der Waals surface area contributed by atoms with Gasteiger partial charge in [0, 0.05) is 19.6 Å². The molecule has 1 aliphatic rings. The van der Waals surface area contributed by atoms with Crippen molar-refractivity contribution in [1.29, 1.82) is 0 Å². The van der Waals surface area contributed by atoms with Gasteiger partial charge >= 0.3 is 0 Å². The van der Waals surface area contributed by atoms with Gasteiger partial charge in [0.25, 0.3) is 0 Å². The summed E-state index contributed by atoms with van der Waals surface area (Å²) in [5.74, 6) is 0.944. The van der Waals surface area contributed by atoms with Crippen molar-refractivity contribution < 1.29 is 4.74 Å². The number of rotatable bonds is 4. The molecule has 1 heterocycles. The molecule has 20 heavy (non-hydrogen) atoms. The molecule has 0 amide bonds. The van der Waals surface area contributed by atoms with Crippen molar-refractivity contribution in [2.24, 2.45) is 0 Å². The molecule has 2 aromatic carbocycles. The number of likely N-dealkylation sites (tertiary alicyclic amines) is 1. The molecule has 1 aliphatic heterocycles. The van der Waals surface area contributed by atoms with Gasteiger partial charge in [0.15, 0.2) is 0 Å². The maximum absolute atomic E-state index is 6.09. The number of halogens is 1. The normalized spacial score (nSPS) is 19.1. The molecule has 3 heteroatoms. The number of para-hydroxylation sites is 1. The second-order valence-electron chi connectivity index (χ2n) is 5.18. The monoisotopic (exact) mass is 331 g/mol. The topological polar surface area (TPSA) is 12.5 Å². The van der Waals surface area contributed by atoms with Gasteiger partial charge in [0.05, 0.1) is 4.47 Å². The summed E-state index contributed by atoms with van der Waals surface area (Å²) >= 11 is 3.53. The summed E-state index contributed by atoms with van der Waals surface area (Å²) in [6.45, 7) is 3.11. The van der Waals surface area contributed by atoms with Gasteiger partial charge in [0.2, 0.25) is 0 Å². The molecule has 1 fully saturated rings. The van der Waals surface area contributed by atoms with E-state index in [4.69, 9.17) is 4.74 Å². The standard InChI is InChI=1S/C17H18BrNO/c18-16-8-4-5-9-17(16)20-15-10-11-19(13-15)12-14-6-2-1-3-7-14/h1-9,15H,10-13H2. The van der Waals surface area contributed by atoms with Crippen LogP contribution in [-0.4, -0.2) is 24.1 Å². The number of benzene rings is 2. The van der Waals surface area contributed by atoms with Crippen LogP contribution >= 0.6 is 15.9 Å². The van der Waals surface area contributed by atoms with E-state index < -0.39 is 0 Å². The van der Waals surface area contributed by atoms with Crippen LogP contribution in [0.15, 0.2) is 59.1 Å². The van der Waals surface area contributed by atoms with Crippen LogP contribution in [-0.2, 0) is 6.54 Å². The molecule has 1 unspecified atom stereocenters. The highest BCUT2D eigenvalue weighted by atomic mass is 79.9. The fourth-order valence-corrected chi connectivity index (χ4v) is 2.98. The Labute approximate surface area is 128 Å². The third-order valence-corrected chi connectivity index (χ3v) is 4.26. The largest absolute Gasteiger partial charge is 0.488 e. The van der Waals surface area contributed by atoms with Crippen LogP contribution in [0.3, 0.4) is 0 Å². The van der Waals surface area contributed by atoms with Crippen molar-refractivity contribution in [1.82, 2.24) is 4.90 Å². The minimum atomic E-state index is 0.289. The quantitative estimate of drug-likeness (QED) is 0.836. The number of hydrogen-bond donors (Lipinski definition) is 0. The third kappa shape index (κ3) is 3.41. The van der Waals surface area contributed by atoms with E-state index >= 15 is 0 Å². The Hall–Kier alpha value is -1.32. The summed E-state index contributed by atoms with van der Waals surface area (Å²) in [5, 5.41) is 0. The number of hydrogen-bond acceptors (Lipinski definition) is 2. The lowest BCUT2D eigenvalue weighted by Crippen LogP contribution is -2.24. The molecule has 1 saturated heterocycles. The van der Waals surface area contributed by atoms with E-state index in [0.29, 0.717) is 0 Å². The van der Waals surface area contributed by atoms with Crippen LogP contribution < -0.4 is 4.74 Å². The minimum Gasteiger partial charge on any atom is -0.488 e. The Bertz CT molecular complexity index is 558. The predicted molar refractivity (Wildman–Crippen MR) is 84.9 cm³/mol. The van der Waals surface area contributed by atoms with Gasteiger partial charge in [-0.25, -0.2) is 0 Å². The Kier molecular flexibility index (Phi) is 4.38. The zero-order chi connectivity index (χ0) is 13.8. The number of nitrogens with zero attached hydrogens (tertiary/aromatic N) is 1. The van der Waals surface area contributed by atoms with Gasteiger partial charge in [-0.15, -0.1) is 0 Å². The van der Waals surface area contributed by atoms with Gasteiger partial charge in [-0.2, -0.15) is 0 Å². The van der Waals surface area contributed by atoms with E-state index in [9.17, 15) is 0 Å². The highest BCUT2D eigenvalue weighted by Crippen LogP contribution is 2.27. The van der Waals surface area contributed by atoms with Crippen LogP contribution in [0.4, 0.5) is 0 Å². The molecular formula is C17H18BrNO. The van der Waals surface area contributed by atoms with Gasteiger partial charge < -0.3 is 4.74 Å². The van der Waals surface area contributed by atoms with Crippen LogP contribution in [0, 0.1) is 0 Å². The summed E-state index contributed by atoms with van der Waals surface area (Å²) in [7, 11) is 0. The molecule has 0 bridgehead atoms. The Morgan fingerprint density at radius 1 is 1.05 bits per heavy atom. The minimum absolute atomic E-state index is 0.289. The Morgan fingerprint density at radius 2 is 1.80 bits per heavy atom. The first-order chi connectivity index (χ1) is 9.81. The summed E-state index contributed by atoms with van der Waals surface area (Å²) in [6, 6.07) is 18.7. The van der Waals surface area contributed by atoms with Gasteiger partial charge in [-0.3, -0.25) is 4.90 Å². The van der Waals surface area contributed by atoms with Crippen LogP contribution in [0.25, 0.3) is 0 Å². The summed E-state index contributed by atoms with van der Waals surface area (Å²) in [4.78, 5) is 2.46. The predicted octanol–water partition coefficient (Wildman–Crippen LogP) is 4.10. The SMILES string of the molecule is Brc1ccccc1OC1CCN(Cc2ccccc2)C1. The summed E-state index contributed by atoms with van der Waals surface area (Å²) < 4.78 is 7.11. The smallest absolute Gasteiger partial charge is 0.133 e. The molecule has 0 saturated carbocycles. The van der Waals surface area contributed by atoms with Crippen molar-refractivity contribution in [3.05, 3.63) is 64.6 Å². The lowest BCUT2D eigenvalue weighted by Gasteiger charge is -2.17. The molecule has 0 radical (unpaired) electrons. The molecule has 104 valence electrons. The molecule has 0 spiro atoms. The fraction of sp³-hybridized carbons (Fsp3) is 0.294. The van der Waals surface area contributed by atoms with Crippen LogP contribution in [0.2, 0.25) is 0 Å². The molecule has 1 atom stereocenters. The second kappa shape index (κ2) is 6.42. The molecule has 0 N–H and O–H groups in total. The molecule has 0 aliphatic carbocycles. The lowest BCUT2D eigenvalue weighted by molar-refractivity contribution is 0.197. The maximum atomic E-state index is 6.09. The van der Waals surface area contributed by atoms with Crippen LogP contribution in [0.1, 0.15) is 12.0 Å². The zero-order valence-corrected chi connectivity index (χ0v) is 12.9. The Balaban J connectivity index is 1.56. The van der Waals surface area contributed by atoms with Crippen molar-refractivity contribution in [3.8, 4) is 5.75 Å². The third-order valence-electron chi connectivity index (χ3n) is 3.61. The van der Waals surface area contributed by atoms with E-state index in [-0.39, 0.29) is 6.10 Å². The Morgan fingerprint density at radius 3 is 2.60 bits per heavy atom. The molecule has 0 aromatic heterocycles. The second-order valence-corrected chi connectivity index (χ2v) is 6.03. The average Bonchev–Trinajstić information content (AvgIpc) is 2.90. The molecule has 2 aromatic rings. The van der Waals surface area contributed by atoms with E-state index in [0.717, 1.165) is 36.3 Å². The average molecular weight is 332 g/mol. The van der Waals surface area contributed by atoms with Gasteiger partial charge in [-0.05, 0) is 40.0 Å². The van der Waals surface area contributed by atoms with Crippen LogP contribution in [0.5, 0.6) is 5.75 Å². The first kappa shape index (κ1) is 13.7. The first-order valence-electron chi connectivity index (χ1n) is 6.99. The van der Waals surface area contributed by atoms with E-state index in [1.165, 1.54) is 5.56 Å².